The summed E-state index contributed by atoms with van der Waals surface area (Å²) < 4.78 is 5.93. The number of nitrogens with zero attached hydrogens (tertiary/aromatic N) is 1. The van der Waals surface area contributed by atoms with E-state index in [9.17, 15) is 4.79 Å². The van der Waals surface area contributed by atoms with Gasteiger partial charge in [-0.15, -0.1) is 6.42 Å². The van der Waals surface area contributed by atoms with Crippen molar-refractivity contribution in [3.8, 4) is 18.1 Å². The zero-order valence-electron chi connectivity index (χ0n) is 10.9. The molecule has 2 rings (SSSR count). The second-order valence-electron chi connectivity index (χ2n) is 4.68. The molecule has 4 heteroatoms. The van der Waals surface area contributed by atoms with Crippen molar-refractivity contribution < 1.29 is 9.53 Å². The molecule has 0 spiro atoms. The van der Waals surface area contributed by atoms with Gasteiger partial charge in [-0.2, -0.15) is 0 Å². The fraction of sp³-hybridized carbons (Fsp3) is 0.400. The lowest BCUT2D eigenvalue weighted by atomic mass is 10.2. The van der Waals surface area contributed by atoms with Crippen LogP contribution in [0.4, 0.5) is 0 Å². The molecule has 3 nitrogen and oxygen atoms in total. The number of halogens is 1. The molecule has 0 aromatic heterocycles. The highest BCUT2D eigenvalue weighted by Gasteiger charge is 2.27. The maximum absolute atomic E-state index is 12.4. The quantitative estimate of drug-likeness (QED) is 0.780. The third-order valence-corrected chi connectivity index (χ3v) is 3.76. The summed E-state index contributed by atoms with van der Waals surface area (Å²) in [4.78, 5) is 14.2. The summed E-state index contributed by atoms with van der Waals surface area (Å²) in [7, 11) is 1.60. The summed E-state index contributed by atoms with van der Waals surface area (Å²) in [6, 6.07) is 5.32. The summed E-state index contributed by atoms with van der Waals surface area (Å²) in [6.07, 6.45) is 7.73. The molecule has 1 fully saturated rings. The Balaban J connectivity index is 2.15. The van der Waals surface area contributed by atoms with Crippen molar-refractivity contribution in [3.05, 3.63) is 28.2 Å². The number of amides is 1. The Morgan fingerprint density at radius 2 is 2.32 bits per heavy atom. The van der Waals surface area contributed by atoms with Gasteiger partial charge in [0, 0.05) is 12.1 Å². The summed E-state index contributed by atoms with van der Waals surface area (Å²) >= 11 is 3.39. The Bertz CT molecular complexity index is 517. The predicted octanol–water partition coefficient (Wildman–Crippen LogP) is 2.94. The minimum atomic E-state index is -0.0202. The number of hydrogen-bond donors (Lipinski definition) is 0. The van der Waals surface area contributed by atoms with Crippen LogP contribution in [0.2, 0.25) is 0 Å². The van der Waals surface area contributed by atoms with E-state index >= 15 is 0 Å². The van der Waals surface area contributed by atoms with Crippen LogP contribution in [0, 0.1) is 18.3 Å². The molecule has 1 aromatic carbocycles. The minimum absolute atomic E-state index is 0.0202. The number of rotatable bonds is 5. The van der Waals surface area contributed by atoms with E-state index in [1.807, 2.05) is 0 Å². The molecule has 1 aromatic rings. The first-order valence-corrected chi connectivity index (χ1v) is 7.01. The molecule has 0 aliphatic heterocycles. The molecule has 0 saturated heterocycles. The van der Waals surface area contributed by atoms with Gasteiger partial charge in [0.05, 0.1) is 18.1 Å². The standard InChI is InChI=1S/C15H16BrNO2/c1-3-8-17(10-11-4-5-11)15(18)12-6-7-14(19-2)13(16)9-12/h1,6-7,9,11H,4-5,8,10H2,2H3. The van der Waals surface area contributed by atoms with Crippen LogP contribution in [0.15, 0.2) is 22.7 Å². The van der Waals surface area contributed by atoms with Crippen LogP contribution in [0.25, 0.3) is 0 Å². The van der Waals surface area contributed by atoms with Crippen molar-refractivity contribution in [1.29, 1.82) is 0 Å². The van der Waals surface area contributed by atoms with Gasteiger partial charge in [-0.1, -0.05) is 5.92 Å². The van der Waals surface area contributed by atoms with Crippen LogP contribution in [-0.4, -0.2) is 31.0 Å². The van der Waals surface area contributed by atoms with E-state index < -0.39 is 0 Å². The SMILES string of the molecule is C#CCN(CC1CC1)C(=O)c1ccc(OC)c(Br)c1. The molecule has 0 bridgehead atoms. The molecule has 100 valence electrons. The lowest BCUT2D eigenvalue weighted by molar-refractivity contribution is 0.0769. The van der Waals surface area contributed by atoms with Gasteiger partial charge in [0.15, 0.2) is 0 Å². The number of benzene rings is 1. The molecule has 19 heavy (non-hydrogen) atoms. The van der Waals surface area contributed by atoms with Gasteiger partial charge < -0.3 is 9.64 Å². The van der Waals surface area contributed by atoms with Crippen LogP contribution in [0.1, 0.15) is 23.2 Å². The van der Waals surface area contributed by atoms with Crippen molar-refractivity contribution in [2.75, 3.05) is 20.2 Å². The molecule has 0 radical (unpaired) electrons. The van der Waals surface area contributed by atoms with E-state index in [0.717, 1.165) is 11.0 Å². The van der Waals surface area contributed by atoms with E-state index in [1.54, 1.807) is 30.2 Å². The number of methoxy groups -OCH3 is 1. The van der Waals surface area contributed by atoms with Crippen molar-refractivity contribution >= 4 is 21.8 Å². The number of carbonyl (C=O) groups excluding carboxylic acids is 1. The summed E-state index contributed by atoms with van der Waals surface area (Å²) in [5.74, 6) is 3.87. The van der Waals surface area contributed by atoms with Gasteiger partial charge in [-0.3, -0.25) is 4.79 Å². The number of ether oxygens (including phenoxy) is 1. The Hall–Kier alpha value is -1.47. The number of hydrogen-bond acceptors (Lipinski definition) is 2. The summed E-state index contributed by atoms with van der Waals surface area (Å²) in [6.45, 7) is 1.12. The van der Waals surface area contributed by atoms with E-state index in [-0.39, 0.29) is 5.91 Å². The van der Waals surface area contributed by atoms with Crippen LogP contribution in [0.5, 0.6) is 5.75 Å². The molecular formula is C15H16BrNO2. The molecule has 0 N–H and O–H groups in total. The molecule has 0 unspecified atom stereocenters. The lowest BCUT2D eigenvalue weighted by Gasteiger charge is -2.20. The molecule has 1 aliphatic rings. The van der Waals surface area contributed by atoms with Crippen molar-refractivity contribution in [2.24, 2.45) is 5.92 Å². The van der Waals surface area contributed by atoms with Gasteiger partial charge in [0.25, 0.3) is 5.91 Å². The third kappa shape index (κ3) is 3.51. The molecule has 1 saturated carbocycles. The normalized spacial score (nSPS) is 13.7. The first-order valence-electron chi connectivity index (χ1n) is 6.22. The van der Waals surface area contributed by atoms with E-state index in [2.05, 4.69) is 21.9 Å². The third-order valence-electron chi connectivity index (χ3n) is 3.14. The largest absolute Gasteiger partial charge is 0.496 e. The average molecular weight is 322 g/mol. The minimum Gasteiger partial charge on any atom is -0.496 e. The predicted molar refractivity (Wildman–Crippen MR) is 78.2 cm³/mol. The van der Waals surface area contributed by atoms with Crippen molar-refractivity contribution in [1.82, 2.24) is 4.90 Å². The maximum atomic E-state index is 12.4. The molecule has 0 atom stereocenters. The Kier molecular flexibility index (Phi) is 4.49. The highest BCUT2D eigenvalue weighted by molar-refractivity contribution is 9.10. The van der Waals surface area contributed by atoms with E-state index in [4.69, 9.17) is 11.2 Å². The zero-order chi connectivity index (χ0) is 13.8. The van der Waals surface area contributed by atoms with Gasteiger partial charge >= 0.3 is 0 Å². The van der Waals surface area contributed by atoms with Gasteiger partial charge in [0.2, 0.25) is 0 Å². The summed E-state index contributed by atoms with van der Waals surface area (Å²) in [5.41, 5.74) is 0.628. The van der Waals surface area contributed by atoms with Gasteiger partial charge in [-0.05, 0) is 52.9 Å². The Morgan fingerprint density at radius 3 is 2.84 bits per heavy atom. The van der Waals surface area contributed by atoms with E-state index in [0.29, 0.717) is 23.8 Å². The molecule has 0 heterocycles. The molecule has 1 aliphatic carbocycles. The van der Waals surface area contributed by atoms with Gasteiger partial charge in [-0.25, -0.2) is 0 Å². The monoisotopic (exact) mass is 321 g/mol. The highest BCUT2D eigenvalue weighted by atomic mass is 79.9. The molecule has 1 amide bonds. The van der Waals surface area contributed by atoms with E-state index in [1.165, 1.54) is 12.8 Å². The topological polar surface area (TPSA) is 29.5 Å². The Labute approximate surface area is 122 Å². The van der Waals surface area contributed by atoms with Crippen LogP contribution in [0.3, 0.4) is 0 Å². The number of terminal acetylenes is 1. The molecular weight excluding hydrogens is 306 g/mol. The van der Waals surface area contributed by atoms with Crippen LogP contribution >= 0.6 is 15.9 Å². The lowest BCUT2D eigenvalue weighted by Crippen LogP contribution is -2.33. The van der Waals surface area contributed by atoms with Gasteiger partial charge in [0.1, 0.15) is 5.75 Å². The first-order chi connectivity index (χ1) is 9.15. The highest BCUT2D eigenvalue weighted by Crippen LogP contribution is 2.31. The Morgan fingerprint density at radius 1 is 1.58 bits per heavy atom. The maximum Gasteiger partial charge on any atom is 0.254 e. The van der Waals surface area contributed by atoms with Crippen molar-refractivity contribution in [2.45, 2.75) is 12.8 Å². The second-order valence-corrected chi connectivity index (χ2v) is 5.54. The average Bonchev–Trinajstić information content (AvgIpc) is 3.21. The second kappa shape index (κ2) is 6.12. The summed E-state index contributed by atoms with van der Waals surface area (Å²) in [5, 5.41) is 0. The number of carbonyl (C=O) groups is 1. The smallest absolute Gasteiger partial charge is 0.254 e. The van der Waals surface area contributed by atoms with Crippen molar-refractivity contribution in [3.63, 3.8) is 0 Å². The van der Waals surface area contributed by atoms with Crippen LogP contribution in [-0.2, 0) is 0 Å². The fourth-order valence-electron chi connectivity index (χ4n) is 1.92. The van der Waals surface area contributed by atoms with Crippen LogP contribution < -0.4 is 4.74 Å². The zero-order valence-corrected chi connectivity index (χ0v) is 12.4. The first kappa shape index (κ1) is 14.0. The fourth-order valence-corrected chi connectivity index (χ4v) is 2.46.